The number of rotatable bonds is 5. The number of carbonyl (C=O) groups excluding carboxylic acids is 1. The maximum absolute atomic E-state index is 13.4. The molecule has 0 atom stereocenters. The van der Waals surface area contributed by atoms with Crippen molar-refractivity contribution in [2.45, 2.75) is 25.8 Å². The van der Waals surface area contributed by atoms with Crippen LogP contribution in [0.15, 0.2) is 42.7 Å². The van der Waals surface area contributed by atoms with Crippen molar-refractivity contribution in [2.75, 3.05) is 36.5 Å². The van der Waals surface area contributed by atoms with Crippen LogP contribution < -0.4 is 16.4 Å². The SMILES string of the molecule is Cc1ccc(NC(=O)c2ccc(F)c(Cl)c2)cc1C#CC(=N)c1c(N)ncnc1NC1CCN(C)CC1. The highest BCUT2D eigenvalue weighted by molar-refractivity contribution is 6.31. The van der Waals surface area contributed by atoms with Crippen LogP contribution in [0.5, 0.6) is 0 Å². The van der Waals surface area contributed by atoms with E-state index in [2.05, 4.69) is 44.4 Å². The molecule has 2 aromatic carbocycles. The van der Waals surface area contributed by atoms with E-state index in [0.717, 1.165) is 37.6 Å². The second-order valence-electron chi connectivity index (χ2n) is 8.94. The average Bonchev–Trinajstić information content (AvgIpc) is 2.87. The van der Waals surface area contributed by atoms with Crippen LogP contribution >= 0.6 is 11.6 Å². The molecule has 190 valence electrons. The highest BCUT2D eigenvalue weighted by Gasteiger charge is 2.20. The Labute approximate surface area is 220 Å². The zero-order valence-corrected chi connectivity index (χ0v) is 21.3. The largest absolute Gasteiger partial charge is 0.383 e. The number of hydrogen-bond donors (Lipinski definition) is 4. The lowest BCUT2D eigenvalue weighted by Crippen LogP contribution is -2.37. The normalized spacial score (nSPS) is 13.9. The van der Waals surface area contributed by atoms with Crippen molar-refractivity contribution in [3.05, 3.63) is 75.8 Å². The number of nitrogens with one attached hydrogen (secondary N) is 3. The van der Waals surface area contributed by atoms with Crippen molar-refractivity contribution in [3.8, 4) is 11.8 Å². The number of aromatic nitrogens is 2. The molecule has 1 aliphatic heterocycles. The van der Waals surface area contributed by atoms with E-state index < -0.39 is 11.7 Å². The number of benzene rings is 2. The number of halogens is 2. The van der Waals surface area contributed by atoms with Crippen molar-refractivity contribution in [3.63, 3.8) is 0 Å². The average molecular weight is 520 g/mol. The summed E-state index contributed by atoms with van der Waals surface area (Å²) in [5.41, 5.74) is 8.69. The van der Waals surface area contributed by atoms with Gasteiger partial charge in [-0.25, -0.2) is 14.4 Å². The van der Waals surface area contributed by atoms with Crippen LogP contribution in [0.2, 0.25) is 5.02 Å². The lowest BCUT2D eigenvalue weighted by Gasteiger charge is -2.30. The molecule has 0 radical (unpaired) electrons. The minimum atomic E-state index is -0.595. The molecule has 37 heavy (non-hydrogen) atoms. The molecule has 0 bridgehead atoms. The van der Waals surface area contributed by atoms with Crippen LogP contribution in [-0.2, 0) is 0 Å². The molecule has 5 N–H and O–H groups in total. The van der Waals surface area contributed by atoms with Gasteiger partial charge in [0.2, 0.25) is 0 Å². The molecule has 2 heterocycles. The number of nitrogens with zero attached hydrogens (tertiary/aromatic N) is 3. The van der Waals surface area contributed by atoms with Gasteiger partial charge in [-0.3, -0.25) is 10.2 Å². The number of hydrogen-bond acceptors (Lipinski definition) is 7. The first-order valence-corrected chi connectivity index (χ1v) is 12.1. The summed E-state index contributed by atoms with van der Waals surface area (Å²) in [6, 6.07) is 9.26. The fraction of sp³-hybridized carbons (Fsp3) is 0.259. The van der Waals surface area contributed by atoms with Crippen molar-refractivity contribution < 1.29 is 9.18 Å². The van der Waals surface area contributed by atoms with Crippen LogP contribution in [0.4, 0.5) is 21.7 Å². The summed E-state index contributed by atoms with van der Waals surface area (Å²) in [7, 11) is 2.09. The topological polar surface area (TPSA) is 120 Å². The van der Waals surface area contributed by atoms with Crippen molar-refractivity contribution in [2.24, 2.45) is 0 Å². The maximum atomic E-state index is 13.4. The van der Waals surface area contributed by atoms with Crippen LogP contribution in [0.3, 0.4) is 0 Å². The van der Waals surface area contributed by atoms with Gasteiger partial charge >= 0.3 is 0 Å². The van der Waals surface area contributed by atoms with E-state index in [-0.39, 0.29) is 28.2 Å². The van der Waals surface area contributed by atoms with Gasteiger partial charge in [-0.05, 0) is 81.7 Å². The van der Waals surface area contributed by atoms with Gasteiger partial charge < -0.3 is 21.3 Å². The first kappa shape index (κ1) is 26.1. The summed E-state index contributed by atoms with van der Waals surface area (Å²) in [5.74, 6) is 5.51. The van der Waals surface area contributed by atoms with Gasteiger partial charge in [-0.1, -0.05) is 23.6 Å². The minimum Gasteiger partial charge on any atom is -0.383 e. The lowest BCUT2D eigenvalue weighted by molar-refractivity contribution is 0.102. The van der Waals surface area contributed by atoms with Gasteiger partial charge in [-0.2, -0.15) is 0 Å². The number of likely N-dealkylation sites (tertiary alicyclic amines) is 1. The smallest absolute Gasteiger partial charge is 0.255 e. The van der Waals surface area contributed by atoms with E-state index in [1.165, 1.54) is 18.5 Å². The zero-order chi connectivity index (χ0) is 26.5. The molecule has 0 unspecified atom stereocenters. The highest BCUT2D eigenvalue weighted by atomic mass is 35.5. The highest BCUT2D eigenvalue weighted by Crippen LogP contribution is 2.22. The molecule has 8 nitrogen and oxygen atoms in total. The molecule has 3 aromatic rings. The monoisotopic (exact) mass is 519 g/mol. The van der Waals surface area contributed by atoms with E-state index in [0.29, 0.717) is 22.6 Å². The number of nitrogens with two attached hydrogens (primary N) is 1. The molecule has 1 amide bonds. The van der Waals surface area contributed by atoms with Crippen LogP contribution in [-0.4, -0.2) is 52.7 Å². The third-order valence-electron chi connectivity index (χ3n) is 6.19. The molecule has 1 saturated heterocycles. The van der Waals surface area contributed by atoms with E-state index in [1.807, 2.05) is 13.0 Å². The van der Waals surface area contributed by atoms with Crippen LogP contribution in [0.25, 0.3) is 0 Å². The van der Waals surface area contributed by atoms with Gasteiger partial charge in [0.1, 0.15) is 29.5 Å². The summed E-state index contributed by atoms with van der Waals surface area (Å²) in [6.45, 7) is 3.84. The first-order chi connectivity index (χ1) is 17.7. The standard InChI is InChI=1S/C27H27ClFN7O/c1-16-3-6-20(35-27(37)18-4-7-22(29)21(28)14-18)13-17(16)5-8-23(30)24-25(31)32-15-33-26(24)34-19-9-11-36(2)12-10-19/h3-4,6-7,13-15,19,30H,9-12H2,1-2H3,(H,35,37)(H3,31,32,33,34). The lowest BCUT2D eigenvalue weighted by atomic mass is 10.0. The molecule has 0 aliphatic carbocycles. The second kappa shape index (κ2) is 11.4. The first-order valence-electron chi connectivity index (χ1n) is 11.7. The molecule has 10 heteroatoms. The van der Waals surface area contributed by atoms with Gasteiger partial charge in [0.15, 0.2) is 0 Å². The summed E-state index contributed by atoms with van der Waals surface area (Å²) >= 11 is 5.79. The molecule has 0 spiro atoms. The second-order valence-corrected chi connectivity index (χ2v) is 9.35. The maximum Gasteiger partial charge on any atom is 0.255 e. The Morgan fingerprint density at radius 2 is 1.97 bits per heavy atom. The summed E-state index contributed by atoms with van der Waals surface area (Å²) in [6.07, 6.45) is 3.29. The minimum absolute atomic E-state index is 0.0108. The quantitative estimate of drug-likeness (QED) is 0.294. The van der Waals surface area contributed by atoms with Gasteiger partial charge in [0.25, 0.3) is 5.91 Å². The Hall–Kier alpha value is -4.00. The van der Waals surface area contributed by atoms with E-state index in [1.54, 1.807) is 12.1 Å². The number of piperidine rings is 1. The van der Waals surface area contributed by atoms with Crippen molar-refractivity contribution in [1.82, 2.24) is 14.9 Å². The number of nitrogen functional groups attached to an aromatic ring is 1. The number of carbonyl (C=O) groups is 1. The van der Waals surface area contributed by atoms with Crippen LogP contribution in [0.1, 0.15) is 39.9 Å². The molecule has 0 saturated carbocycles. The molecular weight excluding hydrogens is 493 g/mol. The Morgan fingerprint density at radius 1 is 1.22 bits per heavy atom. The molecule has 4 rings (SSSR count). The Bertz CT molecular complexity index is 1410. The van der Waals surface area contributed by atoms with E-state index >= 15 is 0 Å². The molecule has 1 aromatic heterocycles. The third-order valence-corrected chi connectivity index (χ3v) is 6.48. The van der Waals surface area contributed by atoms with Crippen molar-refractivity contribution >= 4 is 40.5 Å². The Balaban J connectivity index is 1.53. The van der Waals surface area contributed by atoms with Crippen LogP contribution in [0, 0.1) is 30.0 Å². The predicted molar refractivity (Wildman–Crippen MR) is 145 cm³/mol. The molecule has 1 aliphatic rings. The predicted octanol–water partition coefficient (Wildman–Crippen LogP) is 4.34. The fourth-order valence-electron chi connectivity index (χ4n) is 3.97. The van der Waals surface area contributed by atoms with E-state index in [9.17, 15) is 9.18 Å². The zero-order valence-electron chi connectivity index (χ0n) is 20.5. The summed E-state index contributed by atoms with van der Waals surface area (Å²) < 4.78 is 13.4. The number of amides is 1. The Morgan fingerprint density at radius 3 is 2.70 bits per heavy atom. The Kier molecular flexibility index (Phi) is 8.01. The fourth-order valence-corrected chi connectivity index (χ4v) is 4.15. The number of anilines is 3. The molecule has 1 fully saturated rings. The van der Waals surface area contributed by atoms with Gasteiger partial charge in [-0.15, -0.1) is 0 Å². The van der Waals surface area contributed by atoms with Gasteiger partial charge in [0.05, 0.1) is 10.6 Å². The van der Waals surface area contributed by atoms with Crippen molar-refractivity contribution in [1.29, 1.82) is 5.41 Å². The van der Waals surface area contributed by atoms with E-state index in [4.69, 9.17) is 22.7 Å². The number of aryl methyl sites for hydroxylation is 1. The van der Waals surface area contributed by atoms with Gasteiger partial charge in [0, 0.05) is 22.9 Å². The summed E-state index contributed by atoms with van der Waals surface area (Å²) in [4.78, 5) is 23.2. The summed E-state index contributed by atoms with van der Waals surface area (Å²) in [5, 5.41) is 14.6. The third kappa shape index (κ3) is 6.42. The molecular formula is C27H27ClFN7O.